The van der Waals surface area contributed by atoms with Crippen molar-refractivity contribution >= 4 is 37.1 Å². The molecule has 24 heavy (non-hydrogen) atoms. The van der Waals surface area contributed by atoms with Gasteiger partial charge in [0.15, 0.2) is 0 Å². The van der Waals surface area contributed by atoms with Crippen molar-refractivity contribution in [1.82, 2.24) is 0 Å². The normalized spacial score (nSPS) is 12.4. The van der Waals surface area contributed by atoms with Gasteiger partial charge in [0, 0.05) is 5.69 Å². The summed E-state index contributed by atoms with van der Waals surface area (Å²) in [5.74, 6) is -4.38. The van der Waals surface area contributed by atoms with E-state index in [0.717, 1.165) is 42.5 Å². The molecule has 0 aromatic heterocycles. The Hall–Kier alpha value is -1.78. The van der Waals surface area contributed by atoms with Crippen LogP contribution in [0.4, 0.5) is 18.9 Å². The van der Waals surface area contributed by atoms with Gasteiger partial charge in [-0.05, 0) is 42.5 Å². The number of alkyl halides is 2. The highest BCUT2D eigenvalue weighted by Crippen LogP contribution is 2.24. The van der Waals surface area contributed by atoms with Gasteiger partial charge in [0.05, 0.1) is 14.8 Å². The quantitative estimate of drug-likeness (QED) is 0.836. The summed E-state index contributed by atoms with van der Waals surface area (Å²) < 4.78 is 86.8. The maximum absolute atomic E-state index is 13.1. The molecule has 0 unspecified atom stereocenters. The first kappa shape index (κ1) is 18.6. The van der Waals surface area contributed by atoms with Crippen LogP contribution in [-0.2, 0) is 19.9 Å². The number of anilines is 1. The summed E-state index contributed by atoms with van der Waals surface area (Å²) in [5, 5.41) is -0.392. The minimum Gasteiger partial charge on any atom is -0.280 e. The van der Waals surface area contributed by atoms with E-state index in [-0.39, 0.29) is 10.6 Å². The smallest absolute Gasteiger partial charge is 0.280 e. The molecule has 5 nitrogen and oxygen atoms in total. The van der Waals surface area contributed by atoms with Gasteiger partial charge in [0.2, 0.25) is 9.84 Å². The third kappa shape index (κ3) is 3.82. The maximum atomic E-state index is 13.1. The van der Waals surface area contributed by atoms with E-state index in [2.05, 4.69) is 4.72 Å². The number of sulfone groups is 1. The van der Waals surface area contributed by atoms with Gasteiger partial charge in [0.25, 0.3) is 10.0 Å². The average molecular weight is 400 g/mol. The lowest BCUT2D eigenvalue weighted by atomic mass is 10.3. The van der Waals surface area contributed by atoms with Crippen LogP contribution in [0.3, 0.4) is 0 Å². The second-order valence-electron chi connectivity index (χ2n) is 4.51. The molecule has 0 atom stereocenters. The molecular formula is C13H9ClF3NO4S2. The predicted molar refractivity (Wildman–Crippen MR) is 81.9 cm³/mol. The fraction of sp³-hybridized carbons (Fsp3) is 0.0769. The summed E-state index contributed by atoms with van der Waals surface area (Å²) >= 11 is 5.52. The standard InChI is InChI=1S/C13H9ClF3NO4S2/c14-11-7-10(5-6-12(11)15)24(21,22)18-8-1-3-9(4-2-8)23(19,20)13(16)17/h1-7,13,18H. The zero-order valence-electron chi connectivity index (χ0n) is 11.6. The number of sulfonamides is 1. The van der Waals surface area contributed by atoms with E-state index in [1.807, 2.05) is 0 Å². The van der Waals surface area contributed by atoms with Gasteiger partial charge in [-0.1, -0.05) is 11.6 Å². The second-order valence-corrected chi connectivity index (χ2v) is 8.52. The highest BCUT2D eigenvalue weighted by molar-refractivity contribution is 7.92. The van der Waals surface area contributed by atoms with Gasteiger partial charge in [-0.15, -0.1) is 0 Å². The Bertz CT molecular complexity index is 961. The maximum Gasteiger partial charge on any atom is 0.341 e. The fourth-order valence-electron chi connectivity index (χ4n) is 1.67. The van der Waals surface area contributed by atoms with Gasteiger partial charge in [0.1, 0.15) is 5.82 Å². The lowest BCUT2D eigenvalue weighted by Gasteiger charge is -2.09. The molecule has 0 spiro atoms. The van der Waals surface area contributed by atoms with E-state index in [4.69, 9.17) is 11.6 Å². The monoisotopic (exact) mass is 399 g/mol. The van der Waals surface area contributed by atoms with Gasteiger partial charge < -0.3 is 0 Å². The van der Waals surface area contributed by atoms with E-state index in [9.17, 15) is 30.0 Å². The molecule has 0 aliphatic carbocycles. The molecule has 2 aromatic carbocycles. The highest BCUT2D eigenvalue weighted by Gasteiger charge is 2.26. The largest absolute Gasteiger partial charge is 0.341 e. The van der Waals surface area contributed by atoms with Crippen molar-refractivity contribution in [2.45, 2.75) is 15.5 Å². The summed E-state index contributed by atoms with van der Waals surface area (Å²) in [6.45, 7) is 0. The Balaban J connectivity index is 2.29. The SMILES string of the molecule is O=S(=O)(Nc1ccc(S(=O)(=O)C(F)F)cc1)c1ccc(F)c(Cl)c1. The average Bonchev–Trinajstić information content (AvgIpc) is 2.50. The van der Waals surface area contributed by atoms with Crippen molar-refractivity contribution < 1.29 is 30.0 Å². The topological polar surface area (TPSA) is 80.3 Å². The number of benzene rings is 2. The zero-order valence-corrected chi connectivity index (χ0v) is 14.0. The van der Waals surface area contributed by atoms with Crippen LogP contribution in [0.5, 0.6) is 0 Å². The van der Waals surface area contributed by atoms with Crippen molar-refractivity contribution in [3.63, 3.8) is 0 Å². The van der Waals surface area contributed by atoms with Crippen LogP contribution in [0.1, 0.15) is 0 Å². The Morgan fingerprint density at radius 2 is 1.46 bits per heavy atom. The summed E-state index contributed by atoms with van der Waals surface area (Å²) in [7, 11) is -8.89. The van der Waals surface area contributed by atoms with Crippen molar-refractivity contribution in [3.8, 4) is 0 Å². The van der Waals surface area contributed by atoms with Crippen molar-refractivity contribution in [3.05, 3.63) is 53.3 Å². The Morgan fingerprint density at radius 1 is 0.917 bits per heavy atom. The lowest BCUT2D eigenvalue weighted by Crippen LogP contribution is -2.14. The van der Waals surface area contributed by atoms with Crippen molar-refractivity contribution in [2.75, 3.05) is 4.72 Å². The van der Waals surface area contributed by atoms with E-state index in [0.29, 0.717) is 0 Å². The van der Waals surface area contributed by atoms with Gasteiger partial charge >= 0.3 is 5.76 Å². The predicted octanol–water partition coefficient (Wildman–Crippen LogP) is 3.28. The number of hydrogen-bond acceptors (Lipinski definition) is 4. The molecule has 0 saturated carbocycles. The van der Waals surface area contributed by atoms with Crippen molar-refractivity contribution in [1.29, 1.82) is 0 Å². The molecule has 1 N–H and O–H groups in total. The molecule has 0 amide bonds. The van der Waals surface area contributed by atoms with Crippen LogP contribution < -0.4 is 4.72 Å². The highest BCUT2D eigenvalue weighted by atomic mass is 35.5. The van der Waals surface area contributed by atoms with Crippen molar-refractivity contribution in [2.24, 2.45) is 0 Å². The van der Waals surface area contributed by atoms with E-state index in [1.165, 1.54) is 0 Å². The molecule has 0 aliphatic rings. The molecule has 0 bridgehead atoms. The first-order valence-corrected chi connectivity index (χ1v) is 9.55. The first-order chi connectivity index (χ1) is 11.0. The van der Waals surface area contributed by atoms with Crippen LogP contribution in [0.25, 0.3) is 0 Å². The fourth-order valence-corrected chi connectivity index (χ4v) is 3.72. The number of rotatable bonds is 5. The summed E-state index contributed by atoms with van der Waals surface area (Å²) in [6, 6.07) is 6.47. The number of nitrogens with one attached hydrogen (secondary N) is 1. The molecule has 2 rings (SSSR count). The molecule has 2 aromatic rings. The van der Waals surface area contributed by atoms with Gasteiger partial charge in [-0.2, -0.15) is 8.78 Å². The van der Waals surface area contributed by atoms with E-state index >= 15 is 0 Å². The van der Waals surface area contributed by atoms with Gasteiger partial charge in [-0.3, -0.25) is 4.72 Å². The third-order valence-corrected chi connectivity index (χ3v) is 5.94. The minimum atomic E-state index is -4.77. The Labute approximate surface area is 141 Å². The lowest BCUT2D eigenvalue weighted by molar-refractivity contribution is 0.234. The Kier molecular flexibility index (Phi) is 5.11. The van der Waals surface area contributed by atoms with Crippen LogP contribution in [0.15, 0.2) is 52.3 Å². The Morgan fingerprint density at radius 3 is 1.96 bits per heavy atom. The van der Waals surface area contributed by atoms with Crippen LogP contribution >= 0.6 is 11.6 Å². The van der Waals surface area contributed by atoms with Crippen LogP contribution in [0.2, 0.25) is 5.02 Å². The molecule has 0 aliphatic heterocycles. The van der Waals surface area contributed by atoms with Gasteiger partial charge in [-0.25, -0.2) is 21.2 Å². The van der Waals surface area contributed by atoms with E-state index in [1.54, 1.807) is 0 Å². The molecular weight excluding hydrogens is 391 g/mol. The summed E-state index contributed by atoms with van der Waals surface area (Å²) in [4.78, 5) is -0.969. The second kappa shape index (κ2) is 6.61. The van der Waals surface area contributed by atoms with Crippen LogP contribution in [-0.4, -0.2) is 22.6 Å². The minimum absolute atomic E-state index is 0.0661. The zero-order chi connectivity index (χ0) is 18.1. The molecule has 0 radical (unpaired) electrons. The first-order valence-electron chi connectivity index (χ1n) is 6.14. The molecule has 130 valence electrons. The molecule has 0 heterocycles. The van der Waals surface area contributed by atoms with E-state index < -0.39 is 41.4 Å². The summed E-state index contributed by atoms with van der Waals surface area (Å²) in [5.41, 5.74) is -0.0661. The molecule has 11 heteroatoms. The number of halogens is 4. The third-order valence-electron chi connectivity index (χ3n) is 2.87. The molecule has 0 fully saturated rings. The molecule has 0 saturated heterocycles. The number of hydrogen-bond donors (Lipinski definition) is 1. The summed E-state index contributed by atoms with van der Waals surface area (Å²) in [6.07, 6.45) is 0. The van der Waals surface area contributed by atoms with Crippen LogP contribution in [0, 0.1) is 5.82 Å².